The maximum Gasteiger partial charge on any atom is 0.407 e. The van der Waals surface area contributed by atoms with Gasteiger partial charge in [0.25, 0.3) is 0 Å². The molecule has 2 heterocycles. The Hall–Kier alpha value is -3.44. The van der Waals surface area contributed by atoms with Gasteiger partial charge in [0.05, 0.1) is 25.9 Å². The zero-order valence-corrected chi connectivity index (χ0v) is 19.6. The minimum Gasteiger partial charge on any atom is -0.493 e. The van der Waals surface area contributed by atoms with E-state index in [1.54, 1.807) is 19.1 Å². The molecule has 2 fully saturated rings. The van der Waals surface area contributed by atoms with Gasteiger partial charge in [0.15, 0.2) is 11.5 Å². The predicted molar refractivity (Wildman–Crippen MR) is 126 cm³/mol. The second-order valence-electron chi connectivity index (χ2n) is 8.83. The zero-order chi connectivity index (χ0) is 24.1. The molecule has 0 aliphatic carbocycles. The molecule has 0 spiro atoms. The molecular formula is C26H31N3O5. The molecule has 0 aromatic heterocycles. The highest BCUT2D eigenvalue weighted by Gasteiger charge is 2.42. The first-order valence-electron chi connectivity index (χ1n) is 11.6. The summed E-state index contributed by atoms with van der Waals surface area (Å²) in [6, 6.07) is 15.4. The summed E-state index contributed by atoms with van der Waals surface area (Å²) in [4.78, 5) is 15.6. The number of likely N-dealkylation sites (tertiary alicyclic amines) is 1. The van der Waals surface area contributed by atoms with Crippen LogP contribution >= 0.6 is 0 Å². The molecule has 2 aromatic rings. The molecule has 0 saturated carbocycles. The fraction of sp³-hybridized carbons (Fsp3) is 0.462. The summed E-state index contributed by atoms with van der Waals surface area (Å²) >= 11 is 0. The van der Waals surface area contributed by atoms with E-state index in [1.165, 1.54) is 0 Å². The Morgan fingerprint density at radius 1 is 1.09 bits per heavy atom. The number of nitriles is 1. The van der Waals surface area contributed by atoms with Crippen LogP contribution in [0.4, 0.5) is 4.79 Å². The number of piperazine rings is 1. The van der Waals surface area contributed by atoms with Gasteiger partial charge in [-0.3, -0.25) is 9.80 Å². The summed E-state index contributed by atoms with van der Waals surface area (Å²) < 4.78 is 17.1. The summed E-state index contributed by atoms with van der Waals surface area (Å²) in [6.07, 6.45) is 2.60. The normalized spacial score (nSPS) is 20.4. The monoisotopic (exact) mass is 465 g/mol. The molecule has 2 aromatic carbocycles. The summed E-state index contributed by atoms with van der Waals surface area (Å²) in [6.45, 7) is 2.48. The molecular weight excluding hydrogens is 434 g/mol. The Morgan fingerprint density at radius 2 is 1.76 bits per heavy atom. The molecule has 0 radical (unpaired) electrons. The summed E-state index contributed by atoms with van der Waals surface area (Å²) in [7, 11) is 3.19. The lowest BCUT2D eigenvalue weighted by molar-refractivity contribution is 0.0599. The second-order valence-corrected chi connectivity index (χ2v) is 8.83. The van der Waals surface area contributed by atoms with Gasteiger partial charge >= 0.3 is 6.09 Å². The average Bonchev–Trinajstić information content (AvgIpc) is 3.14. The van der Waals surface area contributed by atoms with E-state index in [1.807, 2.05) is 42.5 Å². The minimum atomic E-state index is -0.795. The molecule has 1 amide bonds. The van der Waals surface area contributed by atoms with E-state index in [2.05, 4.69) is 11.0 Å². The van der Waals surface area contributed by atoms with Crippen molar-refractivity contribution in [1.82, 2.24) is 9.80 Å². The lowest BCUT2D eigenvalue weighted by Gasteiger charge is -2.39. The van der Waals surface area contributed by atoms with Crippen LogP contribution in [0.2, 0.25) is 0 Å². The van der Waals surface area contributed by atoms with Gasteiger partial charge in [-0.05, 0) is 62.1 Å². The van der Waals surface area contributed by atoms with Gasteiger partial charge < -0.3 is 19.3 Å². The van der Waals surface area contributed by atoms with Crippen LogP contribution in [0.1, 0.15) is 42.9 Å². The smallest absolute Gasteiger partial charge is 0.407 e. The molecule has 3 unspecified atom stereocenters. The number of carboxylic acid groups (broad SMARTS) is 1. The number of hydrogen-bond donors (Lipinski definition) is 1. The van der Waals surface area contributed by atoms with Crippen molar-refractivity contribution < 1.29 is 24.1 Å². The van der Waals surface area contributed by atoms with Crippen molar-refractivity contribution >= 4 is 6.09 Å². The minimum absolute atomic E-state index is 0.105. The van der Waals surface area contributed by atoms with E-state index in [0.29, 0.717) is 22.8 Å². The Morgan fingerprint density at radius 3 is 2.35 bits per heavy atom. The first-order chi connectivity index (χ1) is 16.5. The number of amides is 1. The van der Waals surface area contributed by atoms with Gasteiger partial charge in [0.1, 0.15) is 11.9 Å². The first kappa shape index (κ1) is 23.7. The van der Waals surface area contributed by atoms with Crippen molar-refractivity contribution in [2.24, 2.45) is 0 Å². The molecule has 2 aliphatic heterocycles. The molecule has 2 bridgehead atoms. The maximum atomic E-state index is 11.5. The van der Waals surface area contributed by atoms with Crippen molar-refractivity contribution in [2.75, 3.05) is 33.9 Å². The van der Waals surface area contributed by atoms with E-state index in [4.69, 9.17) is 19.5 Å². The largest absolute Gasteiger partial charge is 0.493 e. The summed E-state index contributed by atoms with van der Waals surface area (Å²) in [5.41, 5.74) is 1.62. The number of nitrogens with zero attached hydrogens (tertiary/aromatic N) is 3. The fourth-order valence-corrected chi connectivity index (χ4v) is 5.11. The van der Waals surface area contributed by atoms with Gasteiger partial charge in [0, 0.05) is 31.2 Å². The van der Waals surface area contributed by atoms with Gasteiger partial charge in [-0.1, -0.05) is 12.1 Å². The Bertz CT molecular complexity index is 1020. The Labute approximate surface area is 200 Å². The first-order valence-corrected chi connectivity index (χ1v) is 11.6. The van der Waals surface area contributed by atoms with Gasteiger partial charge in [-0.15, -0.1) is 0 Å². The van der Waals surface area contributed by atoms with Crippen LogP contribution in [0.3, 0.4) is 0 Å². The van der Waals surface area contributed by atoms with Gasteiger partial charge in [-0.2, -0.15) is 5.26 Å². The third-order valence-corrected chi connectivity index (χ3v) is 6.76. The van der Waals surface area contributed by atoms with Crippen molar-refractivity contribution in [3.05, 3.63) is 53.6 Å². The van der Waals surface area contributed by atoms with E-state index < -0.39 is 6.09 Å². The van der Waals surface area contributed by atoms with Crippen LogP contribution in [0.15, 0.2) is 42.5 Å². The molecule has 4 rings (SSSR count). The van der Waals surface area contributed by atoms with E-state index in [9.17, 15) is 9.90 Å². The van der Waals surface area contributed by atoms with Gasteiger partial charge in [0.2, 0.25) is 0 Å². The molecule has 3 atom stereocenters. The van der Waals surface area contributed by atoms with Crippen LogP contribution in [-0.4, -0.2) is 66.9 Å². The average molecular weight is 466 g/mol. The number of rotatable bonds is 9. The third-order valence-electron chi connectivity index (χ3n) is 6.76. The van der Waals surface area contributed by atoms with Crippen molar-refractivity contribution in [2.45, 2.75) is 43.9 Å². The van der Waals surface area contributed by atoms with Crippen LogP contribution in [0, 0.1) is 11.3 Å². The van der Waals surface area contributed by atoms with Crippen molar-refractivity contribution in [3.63, 3.8) is 0 Å². The van der Waals surface area contributed by atoms with Crippen LogP contribution in [0.25, 0.3) is 0 Å². The predicted octanol–water partition coefficient (Wildman–Crippen LogP) is 4.30. The lowest BCUT2D eigenvalue weighted by atomic mass is 10.0. The molecule has 1 N–H and O–H groups in total. The summed E-state index contributed by atoms with van der Waals surface area (Å²) in [5, 5.41) is 18.6. The lowest BCUT2D eigenvalue weighted by Crippen LogP contribution is -2.55. The quantitative estimate of drug-likeness (QED) is 0.590. The molecule has 8 heteroatoms. The molecule has 2 saturated heterocycles. The molecule has 2 aliphatic rings. The van der Waals surface area contributed by atoms with E-state index in [-0.39, 0.29) is 18.2 Å². The highest BCUT2D eigenvalue weighted by atomic mass is 16.5. The highest BCUT2D eigenvalue weighted by molar-refractivity contribution is 5.66. The highest BCUT2D eigenvalue weighted by Crippen LogP contribution is 2.35. The van der Waals surface area contributed by atoms with Crippen molar-refractivity contribution in [1.29, 1.82) is 5.26 Å². The summed E-state index contributed by atoms with van der Waals surface area (Å²) in [5.74, 6) is 1.92. The third kappa shape index (κ3) is 5.20. The maximum absolute atomic E-state index is 11.5. The number of methoxy groups -OCH3 is 2. The molecule has 180 valence electrons. The van der Waals surface area contributed by atoms with Gasteiger partial charge in [-0.25, -0.2) is 4.79 Å². The standard InChI is InChI=1S/C26H31N3O5/c1-32-24-12-11-22(14-25(24)33-2)34-23(19-7-5-18(15-27)6-8-19)4-3-13-28-16-20-9-10-21(17-28)29(20)26(30)31/h5-8,11-12,14,20-21,23H,3-4,9-10,13,16-17H2,1-2H3,(H,30,31). The van der Waals surface area contributed by atoms with E-state index in [0.717, 1.165) is 50.9 Å². The van der Waals surface area contributed by atoms with Crippen molar-refractivity contribution in [3.8, 4) is 23.3 Å². The fourth-order valence-electron chi connectivity index (χ4n) is 5.11. The Balaban J connectivity index is 1.43. The topological polar surface area (TPSA) is 95.3 Å². The number of hydrogen-bond acceptors (Lipinski definition) is 6. The molecule has 8 nitrogen and oxygen atoms in total. The second kappa shape index (κ2) is 10.7. The zero-order valence-electron chi connectivity index (χ0n) is 19.6. The van der Waals surface area contributed by atoms with Crippen LogP contribution < -0.4 is 14.2 Å². The molecule has 34 heavy (non-hydrogen) atoms. The van der Waals surface area contributed by atoms with Crippen LogP contribution in [-0.2, 0) is 0 Å². The van der Waals surface area contributed by atoms with Crippen LogP contribution in [0.5, 0.6) is 17.2 Å². The number of carbonyl (C=O) groups is 1. The Kier molecular flexibility index (Phi) is 7.43. The number of ether oxygens (including phenoxy) is 3. The SMILES string of the molecule is COc1ccc(OC(CCCN2CC3CCC(C2)N3C(=O)O)c2ccc(C#N)cc2)cc1OC. The number of benzene rings is 2. The number of fused-ring (bicyclic) bond motifs is 2. The van der Waals surface area contributed by atoms with E-state index >= 15 is 0 Å².